The number of rotatable bonds is 6. The molecule has 2 aromatic rings. The molecule has 0 aliphatic heterocycles. The van der Waals surface area contributed by atoms with Gasteiger partial charge in [-0.3, -0.25) is 9.59 Å². The quantitative estimate of drug-likeness (QED) is 0.695. The van der Waals surface area contributed by atoms with Crippen LogP contribution in [0.4, 0.5) is 0 Å². The molecule has 0 saturated heterocycles. The lowest BCUT2D eigenvalue weighted by Gasteiger charge is -2.28. The monoisotopic (exact) mass is 456 g/mol. The van der Waals surface area contributed by atoms with Crippen LogP contribution < -0.4 is 5.32 Å². The summed E-state index contributed by atoms with van der Waals surface area (Å²) in [6, 6.07) is 12.1. The minimum absolute atomic E-state index is 0.0242. The fourth-order valence-corrected chi connectivity index (χ4v) is 3.33. The number of carbonyl (C=O) groups excluding carboxylic acids is 2. The largest absolute Gasteiger partial charge is 0.357 e. The van der Waals surface area contributed by atoms with Gasteiger partial charge in [0.05, 0.1) is 6.42 Å². The molecule has 1 atom stereocenters. The van der Waals surface area contributed by atoms with Crippen molar-refractivity contribution < 1.29 is 9.59 Å². The van der Waals surface area contributed by atoms with Crippen LogP contribution in [-0.2, 0) is 22.6 Å². The number of nitrogens with one attached hydrogen (secondary N) is 1. The molecule has 0 aliphatic carbocycles. The van der Waals surface area contributed by atoms with E-state index in [2.05, 4.69) is 21.2 Å². The molecule has 0 saturated carbocycles. The van der Waals surface area contributed by atoms with Gasteiger partial charge in [0.1, 0.15) is 6.04 Å². The molecule has 7 heteroatoms. The van der Waals surface area contributed by atoms with Crippen LogP contribution in [-0.4, -0.2) is 29.8 Å². The smallest absolute Gasteiger partial charge is 0.242 e. The molecule has 0 aromatic heterocycles. The number of carbonyl (C=O) groups is 2. The summed E-state index contributed by atoms with van der Waals surface area (Å²) < 4.78 is 0.946. The lowest BCUT2D eigenvalue weighted by atomic mass is 10.1. The van der Waals surface area contributed by atoms with Crippen molar-refractivity contribution in [3.63, 3.8) is 0 Å². The van der Waals surface area contributed by atoms with E-state index in [9.17, 15) is 9.59 Å². The molecule has 0 radical (unpaired) electrons. The van der Waals surface area contributed by atoms with Crippen LogP contribution in [0.5, 0.6) is 0 Å². The highest BCUT2D eigenvalue weighted by molar-refractivity contribution is 9.10. The van der Waals surface area contributed by atoms with Crippen molar-refractivity contribution in [2.75, 3.05) is 7.05 Å². The first-order valence-electron chi connectivity index (χ1n) is 8.02. The Kier molecular flexibility index (Phi) is 7.50. The Morgan fingerprint density at radius 2 is 1.69 bits per heavy atom. The summed E-state index contributed by atoms with van der Waals surface area (Å²) in [4.78, 5) is 26.6. The zero-order valence-corrected chi connectivity index (χ0v) is 17.5. The summed E-state index contributed by atoms with van der Waals surface area (Å²) in [7, 11) is 1.55. The number of benzene rings is 2. The molecule has 0 spiro atoms. The predicted molar refractivity (Wildman–Crippen MR) is 108 cm³/mol. The molecular formula is C19H19BrCl2N2O2. The molecule has 2 rings (SSSR count). The Hall–Kier alpha value is -1.56. The molecular weight excluding hydrogens is 439 g/mol. The first kappa shape index (κ1) is 20.7. The van der Waals surface area contributed by atoms with E-state index in [1.807, 2.05) is 24.3 Å². The Bertz CT molecular complexity index is 776. The lowest BCUT2D eigenvalue weighted by Crippen LogP contribution is -2.47. The Labute approximate surface area is 171 Å². The third-order valence-electron chi connectivity index (χ3n) is 4.07. The fourth-order valence-electron chi connectivity index (χ4n) is 2.53. The summed E-state index contributed by atoms with van der Waals surface area (Å²) in [5, 5.41) is 3.45. The van der Waals surface area contributed by atoms with Crippen molar-refractivity contribution in [2.24, 2.45) is 0 Å². The van der Waals surface area contributed by atoms with Gasteiger partial charge in [-0.05, 0) is 42.3 Å². The molecule has 0 aliphatic rings. The number of hydrogen-bond acceptors (Lipinski definition) is 2. The van der Waals surface area contributed by atoms with Crippen LogP contribution in [0.25, 0.3) is 0 Å². The van der Waals surface area contributed by atoms with Crippen LogP contribution in [0.3, 0.4) is 0 Å². The number of likely N-dealkylation sites (N-methyl/N-ethyl adjacent to an activating group) is 1. The number of nitrogens with zero attached hydrogens (tertiary/aromatic N) is 1. The molecule has 4 nitrogen and oxygen atoms in total. The first-order chi connectivity index (χ1) is 12.3. The third kappa shape index (κ3) is 5.22. The summed E-state index contributed by atoms with van der Waals surface area (Å²) >= 11 is 15.8. The standard InChI is InChI=1S/C19H19BrCl2N2O2/c1-12(19(26)23-2)24(11-13-6-8-14(20)9-7-13)18(25)10-15-16(21)4-3-5-17(15)22/h3-9,12H,10-11H2,1-2H3,(H,23,26). The molecule has 0 heterocycles. The van der Waals surface area contributed by atoms with Crippen LogP contribution in [0.1, 0.15) is 18.1 Å². The molecule has 0 bridgehead atoms. The normalized spacial score (nSPS) is 11.7. The molecule has 0 fully saturated rings. The molecule has 1 unspecified atom stereocenters. The van der Waals surface area contributed by atoms with Crippen molar-refractivity contribution in [2.45, 2.75) is 25.9 Å². The number of halogens is 3. The van der Waals surface area contributed by atoms with Gasteiger partial charge in [-0.15, -0.1) is 0 Å². The summed E-state index contributed by atoms with van der Waals surface area (Å²) in [5.41, 5.74) is 1.48. The Morgan fingerprint density at radius 3 is 2.23 bits per heavy atom. The highest BCUT2D eigenvalue weighted by Gasteiger charge is 2.26. The van der Waals surface area contributed by atoms with Gasteiger partial charge in [0.2, 0.25) is 11.8 Å². The van der Waals surface area contributed by atoms with E-state index >= 15 is 0 Å². The van der Waals surface area contributed by atoms with Crippen LogP contribution in [0, 0.1) is 0 Å². The predicted octanol–water partition coefficient (Wildman–Crippen LogP) is 4.46. The Balaban J connectivity index is 2.28. The topological polar surface area (TPSA) is 49.4 Å². The second-order valence-electron chi connectivity index (χ2n) is 5.82. The van der Waals surface area contributed by atoms with E-state index < -0.39 is 6.04 Å². The van der Waals surface area contributed by atoms with Crippen LogP contribution >= 0.6 is 39.1 Å². The van der Waals surface area contributed by atoms with Gasteiger partial charge in [-0.2, -0.15) is 0 Å². The summed E-state index contributed by atoms with van der Waals surface area (Å²) in [5.74, 6) is -0.459. The highest BCUT2D eigenvalue weighted by atomic mass is 79.9. The van der Waals surface area contributed by atoms with Crippen molar-refractivity contribution >= 4 is 50.9 Å². The van der Waals surface area contributed by atoms with E-state index in [0.29, 0.717) is 22.2 Å². The average molecular weight is 458 g/mol. The minimum Gasteiger partial charge on any atom is -0.357 e. The van der Waals surface area contributed by atoms with Crippen molar-refractivity contribution in [3.05, 3.63) is 68.1 Å². The maximum atomic E-state index is 13.0. The minimum atomic E-state index is -0.627. The highest BCUT2D eigenvalue weighted by Crippen LogP contribution is 2.26. The van der Waals surface area contributed by atoms with E-state index in [1.165, 1.54) is 4.90 Å². The Morgan fingerprint density at radius 1 is 1.12 bits per heavy atom. The van der Waals surface area contributed by atoms with Gasteiger partial charge in [0, 0.05) is 28.1 Å². The maximum Gasteiger partial charge on any atom is 0.242 e. The summed E-state index contributed by atoms with van der Waals surface area (Å²) in [6.07, 6.45) is 0.0242. The van der Waals surface area contributed by atoms with Gasteiger partial charge in [0.15, 0.2) is 0 Å². The average Bonchev–Trinajstić information content (AvgIpc) is 2.63. The summed E-state index contributed by atoms with van der Waals surface area (Å²) in [6.45, 7) is 2.01. The van der Waals surface area contributed by atoms with Gasteiger partial charge >= 0.3 is 0 Å². The second kappa shape index (κ2) is 9.40. The van der Waals surface area contributed by atoms with Crippen molar-refractivity contribution in [3.8, 4) is 0 Å². The fraction of sp³-hybridized carbons (Fsp3) is 0.263. The van der Waals surface area contributed by atoms with Crippen LogP contribution in [0.2, 0.25) is 10.0 Å². The van der Waals surface area contributed by atoms with E-state index in [-0.39, 0.29) is 18.2 Å². The van der Waals surface area contributed by atoms with Crippen molar-refractivity contribution in [1.29, 1.82) is 0 Å². The van der Waals surface area contributed by atoms with Gasteiger partial charge < -0.3 is 10.2 Å². The lowest BCUT2D eigenvalue weighted by molar-refractivity contribution is -0.139. The third-order valence-corrected chi connectivity index (χ3v) is 5.31. The number of hydrogen-bond donors (Lipinski definition) is 1. The van der Waals surface area contributed by atoms with Crippen molar-refractivity contribution in [1.82, 2.24) is 10.2 Å². The molecule has 26 heavy (non-hydrogen) atoms. The molecule has 2 aromatic carbocycles. The first-order valence-corrected chi connectivity index (χ1v) is 9.56. The molecule has 138 valence electrons. The van der Waals surface area contributed by atoms with E-state index in [4.69, 9.17) is 23.2 Å². The van der Waals surface area contributed by atoms with Gasteiger partial charge in [-0.1, -0.05) is 57.3 Å². The van der Waals surface area contributed by atoms with Gasteiger partial charge in [-0.25, -0.2) is 0 Å². The van der Waals surface area contributed by atoms with E-state index in [0.717, 1.165) is 10.0 Å². The van der Waals surface area contributed by atoms with E-state index in [1.54, 1.807) is 32.2 Å². The second-order valence-corrected chi connectivity index (χ2v) is 7.55. The molecule has 2 amide bonds. The zero-order valence-electron chi connectivity index (χ0n) is 14.4. The van der Waals surface area contributed by atoms with Gasteiger partial charge in [0.25, 0.3) is 0 Å². The van der Waals surface area contributed by atoms with Crippen LogP contribution in [0.15, 0.2) is 46.9 Å². The number of amides is 2. The SMILES string of the molecule is CNC(=O)C(C)N(Cc1ccc(Br)cc1)C(=O)Cc1c(Cl)cccc1Cl. The maximum absolute atomic E-state index is 13.0. The molecule has 1 N–H and O–H groups in total. The zero-order chi connectivity index (χ0) is 19.3.